The summed E-state index contributed by atoms with van der Waals surface area (Å²) >= 11 is 1.43. The van der Waals surface area contributed by atoms with Crippen molar-refractivity contribution in [2.24, 2.45) is 5.18 Å². The molecule has 0 unspecified atom stereocenters. The van der Waals surface area contributed by atoms with Crippen LogP contribution in [0.4, 0.5) is 5.82 Å². The van der Waals surface area contributed by atoms with Crippen molar-refractivity contribution < 1.29 is 0 Å². The maximum atomic E-state index is 11.2. The molecule has 2 heterocycles. The van der Waals surface area contributed by atoms with Crippen LogP contribution < -0.4 is 0 Å². The molecular formula is C18H12N4OS. The summed E-state index contributed by atoms with van der Waals surface area (Å²) in [4.78, 5) is 15.8. The molecule has 0 amide bonds. The summed E-state index contributed by atoms with van der Waals surface area (Å²) < 4.78 is 1.49. The molecule has 2 aromatic carbocycles. The van der Waals surface area contributed by atoms with Gasteiger partial charge in [-0.05, 0) is 5.18 Å². The van der Waals surface area contributed by atoms with Crippen LogP contribution in [0.5, 0.6) is 0 Å². The number of hydrogen-bond acceptors (Lipinski definition) is 5. The monoisotopic (exact) mass is 332 g/mol. The highest BCUT2D eigenvalue weighted by atomic mass is 32.1. The molecule has 0 spiro atoms. The van der Waals surface area contributed by atoms with Gasteiger partial charge in [-0.15, -0.1) is 16.2 Å². The van der Waals surface area contributed by atoms with Crippen LogP contribution in [0.15, 0.2) is 77.3 Å². The third-order valence-corrected chi connectivity index (χ3v) is 4.41. The van der Waals surface area contributed by atoms with E-state index in [4.69, 9.17) is 0 Å². The van der Waals surface area contributed by atoms with E-state index in [2.05, 4.69) is 15.3 Å². The van der Waals surface area contributed by atoms with Crippen LogP contribution in [0.3, 0.4) is 0 Å². The minimum atomic E-state index is 0.239. The number of hydrogen-bond donors (Lipinski definition) is 0. The number of nitroso groups, excluding NO2 is 1. The lowest BCUT2D eigenvalue weighted by atomic mass is 10.2. The molecule has 0 fully saturated rings. The smallest absolute Gasteiger partial charge is 0.212 e. The highest BCUT2D eigenvalue weighted by molar-refractivity contribution is 7.12. The Labute approximate surface area is 142 Å². The average Bonchev–Trinajstić information content (AvgIpc) is 3.30. The lowest BCUT2D eigenvalue weighted by Crippen LogP contribution is -1.95. The van der Waals surface area contributed by atoms with Gasteiger partial charge in [-0.1, -0.05) is 60.7 Å². The lowest BCUT2D eigenvalue weighted by molar-refractivity contribution is 0.873. The van der Waals surface area contributed by atoms with Crippen molar-refractivity contribution >= 4 is 17.2 Å². The quantitative estimate of drug-likeness (QED) is 0.491. The number of thiazole rings is 1. The molecule has 6 heteroatoms. The Morgan fingerprint density at radius 3 is 2.12 bits per heavy atom. The van der Waals surface area contributed by atoms with Crippen molar-refractivity contribution in [1.82, 2.24) is 14.8 Å². The van der Waals surface area contributed by atoms with Gasteiger partial charge in [-0.3, -0.25) is 0 Å². The van der Waals surface area contributed by atoms with Gasteiger partial charge in [-0.25, -0.2) is 4.98 Å². The molecule has 4 rings (SSSR count). The standard InChI is InChI=1S/C18H12N4OS/c23-21-17-11-15(13-7-3-1-4-8-13)20-22(17)18-19-16(12-24-18)14-9-5-2-6-10-14/h1-12H. The molecule has 5 nitrogen and oxygen atoms in total. The summed E-state index contributed by atoms with van der Waals surface area (Å²) in [7, 11) is 0. The average molecular weight is 332 g/mol. The molecule has 0 atom stereocenters. The molecule has 0 aliphatic rings. The van der Waals surface area contributed by atoms with E-state index < -0.39 is 0 Å². The van der Waals surface area contributed by atoms with Crippen molar-refractivity contribution in [1.29, 1.82) is 0 Å². The molecule has 2 aromatic heterocycles. The van der Waals surface area contributed by atoms with Gasteiger partial charge >= 0.3 is 0 Å². The van der Waals surface area contributed by atoms with E-state index >= 15 is 0 Å². The number of rotatable bonds is 4. The van der Waals surface area contributed by atoms with Crippen LogP contribution in [-0.2, 0) is 0 Å². The molecular weight excluding hydrogens is 320 g/mol. The highest BCUT2D eigenvalue weighted by Crippen LogP contribution is 2.29. The van der Waals surface area contributed by atoms with Crippen LogP contribution in [0.2, 0.25) is 0 Å². The molecule has 0 saturated carbocycles. The van der Waals surface area contributed by atoms with Crippen LogP contribution in [0.25, 0.3) is 27.6 Å². The van der Waals surface area contributed by atoms with Crippen molar-refractivity contribution in [2.75, 3.05) is 0 Å². The highest BCUT2D eigenvalue weighted by Gasteiger charge is 2.15. The molecule has 0 bridgehead atoms. The van der Waals surface area contributed by atoms with E-state index in [1.165, 1.54) is 16.0 Å². The Hall–Kier alpha value is -3.12. The van der Waals surface area contributed by atoms with Gasteiger partial charge in [0.25, 0.3) is 0 Å². The van der Waals surface area contributed by atoms with E-state index in [9.17, 15) is 4.91 Å². The molecule has 4 aromatic rings. The summed E-state index contributed by atoms with van der Waals surface area (Å²) in [5, 5.41) is 10.2. The zero-order valence-electron chi connectivity index (χ0n) is 12.5. The summed E-state index contributed by atoms with van der Waals surface area (Å²) in [5.74, 6) is 0.239. The molecule has 24 heavy (non-hydrogen) atoms. The van der Waals surface area contributed by atoms with Crippen molar-refractivity contribution in [3.8, 4) is 27.6 Å². The number of nitrogens with zero attached hydrogens (tertiary/aromatic N) is 4. The molecule has 0 aliphatic heterocycles. The van der Waals surface area contributed by atoms with Gasteiger partial charge < -0.3 is 0 Å². The fraction of sp³-hybridized carbons (Fsp3) is 0. The van der Waals surface area contributed by atoms with E-state index in [0.29, 0.717) is 10.8 Å². The van der Waals surface area contributed by atoms with E-state index in [1.54, 1.807) is 6.07 Å². The molecule has 0 aliphatic carbocycles. The van der Waals surface area contributed by atoms with E-state index in [-0.39, 0.29) is 5.82 Å². The van der Waals surface area contributed by atoms with Gasteiger partial charge in [0.2, 0.25) is 10.9 Å². The van der Waals surface area contributed by atoms with Crippen molar-refractivity contribution in [3.05, 3.63) is 77.0 Å². The predicted octanol–water partition coefficient (Wildman–Crippen LogP) is 5.06. The van der Waals surface area contributed by atoms with Crippen LogP contribution in [0, 0.1) is 4.91 Å². The molecule has 0 saturated heterocycles. The summed E-state index contributed by atoms with van der Waals surface area (Å²) in [6.07, 6.45) is 0. The maximum Gasteiger partial charge on any atom is 0.212 e. The predicted molar refractivity (Wildman–Crippen MR) is 95.6 cm³/mol. The third kappa shape index (κ3) is 2.63. The van der Waals surface area contributed by atoms with Gasteiger partial charge in [0.1, 0.15) is 0 Å². The topological polar surface area (TPSA) is 60.1 Å². The van der Waals surface area contributed by atoms with Crippen LogP contribution >= 0.6 is 11.3 Å². The largest absolute Gasteiger partial charge is 0.218 e. The second-order valence-corrected chi connectivity index (χ2v) is 5.97. The Kier molecular flexibility index (Phi) is 3.72. The first-order valence-electron chi connectivity index (χ1n) is 7.35. The first-order chi connectivity index (χ1) is 11.8. The third-order valence-electron chi connectivity index (χ3n) is 3.60. The van der Waals surface area contributed by atoms with Crippen molar-refractivity contribution in [3.63, 3.8) is 0 Å². The Morgan fingerprint density at radius 2 is 1.50 bits per heavy atom. The van der Waals surface area contributed by atoms with Crippen molar-refractivity contribution in [2.45, 2.75) is 0 Å². The van der Waals surface area contributed by atoms with Gasteiger partial charge in [0.05, 0.1) is 11.4 Å². The minimum Gasteiger partial charge on any atom is -0.218 e. The zero-order valence-corrected chi connectivity index (χ0v) is 13.4. The van der Waals surface area contributed by atoms with E-state index in [1.807, 2.05) is 66.0 Å². The van der Waals surface area contributed by atoms with Crippen LogP contribution in [0.1, 0.15) is 0 Å². The summed E-state index contributed by atoms with van der Waals surface area (Å²) in [5.41, 5.74) is 3.50. The summed E-state index contributed by atoms with van der Waals surface area (Å²) in [6, 6.07) is 21.2. The first kappa shape index (κ1) is 14.5. The second kappa shape index (κ2) is 6.17. The second-order valence-electron chi connectivity index (χ2n) is 5.14. The molecule has 116 valence electrons. The van der Waals surface area contributed by atoms with Gasteiger partial charge in [0.15, 0.2) is 0 Å². The summed E-state index contributed by atoms with van der Waals surface area (Å²) in [6.45, 7) is 0. The number of benzene rings is 2. The zero-order chi connectivity index (χ0) is 16.4. The molecule has 0 N–H and O–H groups in total. The van der Waals surface area contributed by atoms with Gasteiger partial charge in [0, 0.05) is 22.6 Å². The fourth-order valence-electron chi connectivity index (χ4n) is 2.43. The van der Waals surface area contributed by atoms with Gasteiger partial charge in [-0.2, -0.15) is 9.78 Å². The van der Waals surface area contributed by atoms with E-state index in [0.717, 1.165) is 16.8 Å². The number of aromatic nitrogens is 3. The first-order valence-corrected chi connectivity index (χ1v) is 8.23. The Morgan fingerprint density at radius 1 is 0.875 bits per heavy atom. The lowest BCUT2D eigenvalue weighted by Gasteiger charge is -1.97. The molecule has 0 radical (unpaired) electrons. The SMILES string of the molecule is O=Nc1cc(-c2ccccc2)nn1-c1nc(-c2ccccc2)cs1. The minimum absolute atomic E-state index is 0.239. The Balaban J connectivity index is 1.76. The normalized spacial score (nSPS) is 10.7. The fourth-order valence-corrected chi connectivity index (χ4v) is 3.22. The maximum absolute atomic E-state index is 11.2. The van der Waals surface area contributed by atoms with Crippen LogP contribution in [-0.4, -0.2) is 14.8 Å². The Bertz CT molecular complexity index is 977.